The lowest BCUT2D eigenvalue weighted by atomic mass is 10.2. The average Bonchev–Trinajstić information content (AvgIpc) is 3.18. The fraction of sp³-hybridized carbons (Fsp3) is 0.200. The summed E-state index contributed by atoms with van der Waals surface area (Å²) in [5.41, 5.74) is 1.50. The number of carbonyl (C=O) groups is 1. The van der Waals surface area contributed by atoms with Crippen LogP contribution in [0.4, 0.5) is 4.39 Å². The van der Waals surface area contributed by atoms with Gasteiger partial charge in [-0.15, -0.1) is 11.3 Å². The van der Waals surface area contributed by atoms with Gasteiger partial charge in [0.2, 0.25) is 0 Å². The SMILES string of the molecule is COCCNC(=O)c1csc(-c2ccc(OCc3ccc(Cl)cc3)cc2F)n1. The molecule has 0 spiro atoms. The quantitative estimate of drug-likeness (QED) is 0.543. The summed E-state index contributed by atoms with van der Waals surface area (Å²) in [6.45, 7) is 1.10. The third-order valence-electron chi connectivity index (χ3n) is 3.82. The Morgan fingerprint density at radius 1 is 1.25 bits per heavy atom. The Labute approximate surface area is 171 Å². The summed E-state index contributed by atoms with van der Waals surface area (Å²) in [5.74, 6) is -0.373. The number of thiazole rings is 1. The second-order valence-electron chi connectivity index (χ2n) is 5.84. The van der Waals surface area contributed by atoms with E-state index in [0.717, 1.165) is 5.56 Å². The van der Waals surface area contributed by atoms with E-state index in [0.29, 0.717) is 41.1 Å². The summed E-state index contributed by atoms with van der Waals surface area (Å²) in [6, 6.07) is 11.8. The Hall–Kier alpha value is -2.48. The van der Waals surface area contributed by atoms with Gasteiger partial charge in [0.15, 0.2) is 0 Å². The number of carbonyl (C=O) groups excluding carboxylic acids is 1. The van der Waals surface area contributed by atoms with Crippen LogP contribution in [0.2, 0.25) is 5.02 Å². The smallest absolute Gasteiger partial charge is 0.270 e. The number of rotatable bonds is 8. The molecule has 0 unspecified atom stereocenters. The molecule has 3 aromatic rings. The van der Waals surface area contributed by atoms with Crippen LogP contribution in [0, 0.1) is 5.82 Å². The molecule has 0 radical (unpaired) electrons. The van der Waals surface area contributed by atoms with Crippen molar-refractivity contribution in [3.05, 3.63) is 69.9 Å². The lowest BCUT2D eigenvalue weighted by Gasteiger charge is -2.08. The van der Waals surface area contributed by atoms with Crippen molar-refractivity contribution in [1.82, 2.24) is 10.3 Å². The van der Waals surface area contributed by atoms with E-state index in [-0.39, 0.29) is 11.6 Å². The van der Waals surface area contributed by atoms with Gasteiger partial charge >= 0.3 is 0 Å². The molecule has 0 saturated heterocycles. The minimum Gasteiger partial charge on any atom is -0.489 e. The molecule has 0 aliphatic carbocycles. The van der Waals surface area contributed by atoms with Crippen LogP contribution < -0.4 is 10.1 Å². The van der Waals surface area contributed by atoms with Crippen molar-refractivity contribution in [1.29, 1.82) is 0 Å². The molecule has 0 fully saturated rings. The van der Waals surface area contributed by atoms with Crippen molar-refractivity contribution in [2.75, 3.05) is 20.3 Å². The van der Waals surface area contributed by atoms with Crippen LogP contribution >= 0.6 is 22.9 Å². The molecule has 1 heterocycles. The van der Waals surface area contributed by atoms with E-state index in [2.05, 4.69) is 10.3 Å². The number of halogens is 2. The van der Waals surface area contributed by atoms with Crippen molar-refractivity contribution >= 4 is 28.8 Å². The standard InChI is InChI=1S/C20H18ClFN2O3S/c1-26-9-8-23-19(25)18-12-28-20(24-18)16-7-6-15(10-17(16)22)27-11-13-2-4-14(21)5-3-13/h2-7,10,12H,8-9,11H2,1H3,(H,23,25). The van der Waals surface area contributed by atoms with Gasteiger partial charge in [-0.05, 0) is 29.8 Å². The second-order valence-corrected chi connectivity index (χ2v) is 7.14. The monoisotopic (exact) mass is 420 g/mol. The maximum absolute atomic E-state index is 14.5. The molecule has 0 aliphatic rings. The first-order valence-corrected chi connectivity index (χ1v) is 9.72. The third kappa shape index (κ3) is 5.28. The molecule has 1 aromatic heterocycles. The summed E-state index contributed by atoms with van der Waals surface area (Å²) in [5, 5.41) is 5.36. The molecule has 8 heteroatoms. The Balaban J connectivity index is 1.65. The Morgan fingerprint density at radius 2 is 2.04 bits per heavy atom. The zero-order valence-electron chi connectivity index (χ0n) is 15.1. The van der Waals surface area contributed by atoms with Gasteiger partial charge in [0.05, 0.1) is 6.61 Å². The molecule has 0 saturated carbocycles. The van der Waals surface area contributed by atoms with E-state index in [1.165, 1.54) is 17.4 Å². The van der Waals surface area contributed by atoms with Gasteiger partial charge in [-0.2, -0.15) is 0 Å². The molecule has 28 heavy (non-hydrogen) atoms. The molecule has 1 amide bonds. The Kier molecular flexibility index (Phi) is 6.97. The number of nitrogens with zero attached hydrogens (tertiary/aromatic N) is 1. The number of hydrogen-bond acceptors (Lipinski definition) is 5. The summed E-state index contributed by atoms with van der Waals surface area (Å²) in [7, 11) is 1.55. The van der Waals surface area contributed by atoms with Crippen molar-refractivity contribution in [2.24, 2.45) is 0 Å². The highest BCUT2D eigenvalue weighted by Gasteiger charge is 2.15. The van der Waals surface area contributed by atoms with E-state index in [1.807, 2.05) is 12.1 Å². The van der Waals surface area contributed by atoms with E-state index in [4.69, 9.17) is 21.1 Å². The largest absolute Gasteiger partial charge is 0.489 e. The van der Waals surface area contributed by atoms with E-state index < -0.39 is 5.82 Å². The lowest BCUT2D eigenvalue weighted by Crippen LogP contribution is -2.27. The summed E-state index contributed by atoms with van der Waals surface area (Å²) < 4.78 is 25.0. The normalized spacial score (nSPS) is 10.7. The first-order chi connectivity index (χ1) is 13.6. The van der Waals surface area contributed by atoms with Crippen LogP contribution in [-0.2, 0) is 11.3 Å². The number of hydrogen-bond donors (Lipinski definition) is 1. The highest BCUT2D eigenvalue weighted by molar-refractivity contribution is 7.13. The third-order valence-corrected chi connectivity index (χ3v) is 4.95. The van der Waals surface area contributed by atoms with Crippen LogP contribution in [0.3, 0.4) is 0 Å². The van der Waals surface area contributed by atoms with Crippen LogP contribution in [0.5, 0.6) is 5.75 Å². The minimum absolute atomic E-state index is 0.249. The number of methoxy groups -OCH3 is 1. The van der Waals surface area contributed by atoms with Crippen molar-refractivity contribution < 1.29 is 18.7 Å². The highest BCUT2D eigenvalue weighted by atomic mass is 35.5. The van der Waals surface area contributed by atoms with Gasteiger partial charge in [0.25, 0.3) is 5.91 Å². The van der Waals surface area contributed by atoms with E-state index >= 15 is 0 Å². The van der Waals surface area contributed by atoms with Gasteiger partial charge in [-0.1, -0.05) is 23.7 Å². The first kappa shape index (κ1) is 20.3. The maximum atomic E-state index is 14.5. The van der Waals surface area contributed by atoms with Crippen LogP contribution in [0.25, 0.3) is 10.6 Å². The molecule has 2 aromatic carbocycles. The van der Waals surface area contributed by atoms with Gasteiger partial charge in [0, 0.05) is 35.7 Å². The topological polar surface area (TPSA) is 60.5 Å². The number of amides is 1. The van der Waals surface area contributed by atoms with Gasteiger partial charge < -0.3 is 14.8 Å². The summed E-state index contributed by atoms with van der Waals surface area (Å²) in [4.78, 5) is 16.2. The molecule has 0 bridgehead atoms. The number of nitrogens with one attached hydrogen (secondary N) is 1. The van der Waals surface area contributed by atoms with E-state index in [9.17, 15) is 9.18 Å². The van der Waals surface area contributed by atoms with Gasteiger partial charge in [0.1, 0.15) is 28.9 Å². The minimum atomic E-state index is -0.464. The predicted molar refractivity (Wildman–Crippen MR) is 108 cm³/mol. The predicted octanol–water partition coefficient (Wildman–Crippen LogP) is 4.56. The molecule has 5 nitrogen and oxygen atoms in total. The maximum Gasteiger partial charge on any atom is 0.270 e. The number of ether oxygens (including phenoxy) is 2. The zero-order chi connectivity index (χ0) is 19.9. The molecule has 146 valence electrons. The highest BCUT2D eigenvalue weighted by Crippen LogP contribution is 2.29. The zero-order valence-corrected chi connectivity index (χ0v) is 16.6. The fourth-order valence-corrected chi connectivity index (χ4v) is 3.32. The average molecular weight is 421 g/mol. The number of benzene rings is 2. The van der Waals surface area contributed by atoms with Crippen molar-refractivity contribution in [3.8, 4) is 16.3 Å². The molecular weight excluding hydrogens is 403 g/mol. The lowest BCUT2D eigenvalue weighted by molar-refractivity contribution is 0.0933. The first-order valence-electron chi connectivity index (χ1n) is 8.46. The Bertz CT molecular complexity index is 947. The van der Waals surface area contributed by atoms with E-state index in [1.54, 1.807) is 36.8 Å². The van der Waals surface area contributed by atoms with Gasteiger partial charge in [-0.3, -0.25) is 4.79 Å². The fourth-order valence-electron chi connectivity index (χ4n) is 2.37. The molecule has 1 N–H and O–H groups in total. The summed E-state index contributed by atoms with van der Waals surface area (Å²) >= 11 is 7.06. The molecule has 3 rings (SSSR count). The van der Waals surface area contributed by atoms with Crippen molar-refractivity contribution in [2.45, 2.75) is 6.61 Å². The molecule has 0 atom stereocenters. The molecule has 0 aliphatic heterocycles. The molecular formula is C20H18ClFN2O3S. The second kappa shape index (κ2) is 9.64. The van der Waals surface area contributed by atoms with Crippen LogP contribution in [-0.4, -0.2) is 31.2 Å². The van der Waals surface area contributed by atoms with Crippen LogP contribution in [0.1, 0.15) is 16.1 Å². The van der Waals surface area contributed by atoms with Gasteiger partial charge in [-0.25, -0.2) is 9.37 Å². The van der Waals surface area contributed by atoms with Crippen molar-refractivity contribution in [3.63, 3.8) is 0 Å². The number of aromatic nitrogens is 1. The summed E-state index contributed by atoms with van der Waals surface area (Å²) in [6.07, 6.45) is 0. The van der Waals surface area contributed by atoms with Crippen LogP contribution in [0.15, 0.2) is 47.8 Å². The Morgan fingerprint density at radius 3 is 2.75 bits per heavy atom.